The lowest BCUT2D eigenvalue weighted by atomic mass is 10.1. The minimum absolute atomic E-state index is 0.406. The third-order valence-corrected chi connectivity index (χ3v) is 6.64. The fourth-order valence-electron chi connectivity index (χ4n) is 3.57. The Morgan fingerprint density at radius 3 is 2.41 bits per heavy atom. The van der Waals surface area contributed by atoms with Gasteiger partial charge in [0.25, 0.3) is 0 Å². The maximum Gasteiger partial charge on any atom is 0.232 e. The first-order valence-electron chi connectivity index (χ1n) is 10.6. The number of aromatic nitrogens is 4. The summed E-state index contributed by atoms with van der Waals surface area (Å²) in [5.74, 6) is 1.21. The quantitative estimate of drug-likeness (QED) is 0.212. The number of hydrogen-bond donors (Lipinski definition) is 2. The van der Waals surface area contributed by atoms with E-state index in [1.165, 1.54) is 22.9 Å². The zero-order valence-electron chi connectivity index (χ0n) is 18.0. The zero-order valence-corrected chi connectivity index (χ0v) is 20.4. The van der Waals surface area contributed by atoms with Crippen molar-refractivity contribution < 1.29 is 0 Å². The highest BCUT2D eigenvalue weighted by Crippen LogP contribution is 2.31. The SMILES string of the molecule is S=C(NCc1ccccc1Cl)Nc1nc(Sc2ncccn2)cc(N2Cc3ccccc3C2)n1. The molecule has 0 atom stereocenters. The molecule has 2 aromatic heterocycles. The second kappa shape index (κ2) is 10.3. The number of nitrogens with zero attached hydrogens (tertiary/aromatic N) is 5. The number of thiocarbonyl (C=S) groups is 1. The number of benzene rings is 2. The Labute approximate surface area is 212 Å². The van der Waals surface area contributed by atoms with Crippen LogP contribution in [0.3, 0.4) is 0 Å². The predicted octanol–water partition coefficient (Wildman–Crippen LogP) is 5.08. The number of halogens is 1. The summed E-state index contributed by atoms with van der Waals surface area (Å²) in [7, 11) is 0. The molecule has 170 valence electrons. The van der Waals surface area contributed by atoms with E-state index < -0.39 is 0 Å². The van der Waals surface area contributed by atoms with Gasteiger partial charge in [-0.05, 0) is 52.8 Å². The van der Waals surface area contributed by atoms with Crippen LogP contribution in [0.4, 0.5) is 11.8 Å². The van der Waals surface area contributed by atoms with E-state index in [0.717, 1.165) is 29.5 Å². The van der Waals surface area contributed by atoms with Crippen molar-refractivity contribution in [2.45, 2.75) is 29.8 Å². The first-order valence-corrected chi connectivity index (χ1v) is 12.2. The maximum atomic E-state index is 6.25. The summed E-state index contributed by atoms with van der Waals surface area (Å²) in [6.07, 6.45) is 3.42. The molecule has 4 aromatic rings. The number of hydrogen-bond acceptors (Lipinski definition) is 7. The predicted molar refractivity (Wildman–Crippen MR) is 139 cm³/mol. The van der Waals surface area contributed by atoms with E-state index in [1.807, 2.05) is 30.3 Å². The number of rotatable bonds is 6. The van der Waals surface area contributed by atoms with Crippen LogP contribution >= 0.6 is 35.6 Å². The summed E-state index contributed by atoms with van der Waals surface area (Å²) in [4.78, 5) is 20.2. The molecule has 0 saturated carbocycles. The highest BCUT2D eigenvalue weighted by atomic mass is 35.5. The Kier molecular flexibility index (Phi) is 6.84. The Bertz CT molecular complexity index is 1290. The fourth-order valence-corrected chi connectivity index (χ4v) is 4.65. The first kappa shape index (κ1) is 22.5. The second-order valence-corrected chi connectivity index (χ2v) is 9.35. The van der Waals surface area contributed by atoms with E-state index >= 15 is 0 Å². The third-order valence-electron chi connectivity index (χ3n) is 5.21. The number of anilines is 2. The minimum Gasteiger partial charge on any atom is -0.358 e. The van der Waals surface area contributed by atoms with Crippen LogP contribution < -0.4 is 15.5 Å². The van der Waals surface area contributed by atoms with E-state index in [1.54, 1.807) is 18.5 Å². The lowest BCUT2D eigenvalue weighted by molar-refractivity contribution is 0.842. The van der Waals surface area contributed by atoms with E-state index in [4.69, 9.17) is 28.8 Å². The smallest absolute Gasteiger partial charge is 0.232 e. The third kappa shape index (κ3) is 5.44. The van der Waals surface area contributed by atoms with Crippen LogP contribution in [-0.4, -0.2) is 25.0 Å². The Morgan fingerprint density at radius 1 is 0.971 bits per heavy atom. The highest BCUT2D eigenvalue weighted by molar-refractivity contribution is 7.99. The van der Waals surface area contributed by atoms with Gasteiger partial charge in [-0.2, -0.15) is 4.98 Å². The van der Waals surface area contributed by atoms with Crippen LogP contribution in [0.2, 0.25) is 5.02 Å². The van der Waals surface area contributed by atoms with E-state index in [9.17, 15) is 0 Å². The molecule has 0 spiro atoms. The Hall–Kier alpha value is -3.27. The molecular weight excluding hydrogens is 486 g/mol. The molecule has 0 aliphatic carbocycles. The second-order valence-electron chi connectivity index (χ2n) is 7.55. The molecule has 1 aliphatic heterocycles. The standard InChI is InChI=1S/C24H20ClN7S2/c25-19-9-4-3-6-16(19)13-28-23(33)31-22-29-20(32-14-17-7-1-2-8-18(17)15-32)12-21(30-22)34-24-26-10-5-11-27-24/h1-12H,13-15H2,(H2,28,29,30,31,33). The van der Waals surface area contributed by atoms with Gasteiger partial charge >= 0.3 is 0 Å². The van der Waals surface area contributed by atoms with Gasteiger partial charge in [0.2, 0.25) is 5.95 Å². The van der Waals surface area contributed by atoms with Gasteiger partial charge in [0.15, 0.2) is 10.3 Å². The molecule has 5 rings (SSSR count). The Balaban J connectivity index is 1.36. The molecule has 7 nitrogen and oxygen atoms in total. The van der Waals surface area contributed by atoms with Crippen LogP contribution in [0.15, 0.2) is 83.2 Å². The van der Waals surface area contributed by atoms with Crippen LogP contribution in [0.1, 0.15) is 16.7 Å². The lowest BCUT2D eigenvalue weighted by Crippen LogP contribution is -2.29. The normalized spacial score (nSPS) is 12.3. The molecule has 2 aromatic carbocycles. The molecule has 0 unspecified atom stereocenters. The molecule has 1 aliphatic rings. The molecule has 3 heterocycles. The van der Waals surface area contributed by atoms with Crippen molar-refractivity contribution in [1.82, 2.24) is 25.3 Å². The minimum atomic E-state index is 0.406. The molecule has 10 heteroatoms. The topological polar surface area (TPSA) is 78.9 Å². The zero-order chi connectivity index (χ0) is 23.3. The van der Waals surface area contributed by atoms with Gasteiger partial charge in [-0.25, -0.2) is 15.0 Å². The molecular formula is C24H20ClN7S2. The van der Waals surface area contributed by atoms with Crippen LogP contribution in [-0.2, 0) is 19.6 Å². The van der Waals surface area contributed by atoms with E-state index in [0.29, 0.717) is 27.8 Å². The van der Waals surface area contributed by atoms with Gasteiger partial charge in [0.05, 0.1) is 0 Å². The molecule has 34 heavy (non-hydrogen) atoms. The van der Waals surface area contributed by atoms with Gasteiger partial charge in [-0.3, -0.25) is 0 Å². The van der Waals surface area contributed by atoms with Gasteiger partial charge in [0, 0.05) is 43.1 Å². The molecule has 2 N–H and O–H groups in total. The van der Waals surface area contributed by atoms with Crippen LogP contribution in [0.25, 0.3) is 0 Å². The summed E-state index contributed by atoms with van der Waals surface area (Å²) >= 11 is 13.1. The lowest BCUT2D eigenvalue weighted by Gasteiger charge is -2.18. The van der Waals surface area contributed by atoms with Crippen molar-refractivity contribution in [2.24, 2.45) is 0 Å². The van der Waals surface area contributed by atoms with Crippen molar-refractivity contribution in [1.29, 1.82) is 0 Å². The largest absolute Gasteiger partial charge is 0.358 e. The summed E-state index contributed by atoms with van der Waals surface area (Å²) < 4.78 is 0. The van der Waals surface area contributed by atoms with Crippen molar-refractivity contribution in [3.8, 4) is 0 Å². The Morgan fingerprint density at radius 2 is 1.68 bits per heavy atom. The van der Waals surface area contributed by atoms with Crippen LogP contribution in [0, 0.1) is 0 Å². The van der Waals surface area contributed by atoms with Gasteiger partial charge in [0.1, 0.15) is 10.8 Å². The van der Waals surface area contributed by atoms with Gasteiger partial charge in [-0.1, -0.05) is 54.1 Å². The van der Waals surface area contributed by atoms with E-state index in [-0.39, 0.29) is 0 Å². The van der Waals surface area contributed by atoms with Crippen molar-refractivity contribution in [3.63, 3.8) is 0 Å². The highest BCUT2D eigenvalue weighted by Gasteiger charge is 2.21. The van der Waals surface area contributed by atoms with Gasteiger partial charge < -0.3 is 15.5 Å². The number of nitrogens with one attached hydrogen (secondary N) is 2. The maximum absolute atomic E-state index is 6.25. The summed E-state index contributed by atoms with van der Waals surface area (Å²) in [6.45, 7) is 2.06. The van der Waals surface area contributed by atoms with Crippen molar-refractivity contribution >= 4 is 52.5 Å². The molecule has 0 saturated heterocycles. The van der Waals surface area contributed by atoms with Gasteiger partial charge in [-0.15, -0.1) is 0 Å². The summed E-state index contributed by atoms with van der Waals surface area (Å²) in [6, 6.07) is 19.8. The summed E-state index contributed by atoms with van der Waals surface area (Å²) in [5.41, 5.74) is 3.55. The summed E-state index contributed by atoms with van der Waals surface area (Å²) in [5, 5.41) is 8.72. The molecule has 0 amide bonds. The number of fused-ring (bicyclic) bond motifs is 1. The molecule has 0 bridgehead atoms. The monoisotopic (exact) mass is 505 g/mol. The van der Waals surface area contributed by atoms with Crippen LogP contribution in [0.5, 0.6) is 0 Å². The van der Waals surface area contributed by atoms with Crippen molar-refractivity contribution in [2.75, 3.05) is 10.2 Å². The average Bonchev–Trinajstić information content (AvgIpc) is 3.29. The fraction of sp³-hybridized carbons (Fsp3) is 0.125. The molecule has 0 fully saturated rings. The van der Waals surface area contributed by atoms with Crippen molar-refractivity contribution in [3.05, 3.63) is 94.8 Å². The molecule has 0 radical (unpaired) electrons. The first-order chi connectivity index (χ1) is 16.6. The average molecular weight is 506 g/mol. The van der Waals surface area contributed by atoms with E-state index in [2.05, 4.69) is 54.8 Å².